The Kier molecular flexibility index (Phi) is 4.84. The molecule has 1 saturated heterocycles. The first-order valence-corrected chi connectivity index (χ1v) is 8.99. The Bertz CT molecular complexity index is 727. The predicted octanol–water partition coefficient (Wildman–Crippen LogP) is 3.85. The van der Waals surface area contributed by atoms with Gasteiger partial charge in [0, 0.05) is 36.8 Å². The van der Waals surface area contributed by atoms with Gasteiger partial charge in [0.15, 0.2) is 5.76 Å². The van der Waals surface area contributed by atoms with Crippen molar-refractivity contribution in [1.29, 1.82) is 0 Å². The van der Waals surface area contributed by atoms with Crippen LogP contribution in [0.4, 0.5) is 5.69 Å². The van der Waals surface area contributed by atoms with Gasteiger partial charge in [0.2, 0.25) is 0 Å². The monoisotopic (exact) mass is 341 g/mol. The van der Waals surface area contributed by atoms with E-state index < -0.39 is 0 Å². The molecule has 134 valence electrons. The van der Waals surface area contributed by atoms with E-state index in [1.54, 1.807) is 0 Å². The van der Waals surface area contributed by atoms with Crippen molar-refractivity contribution in [3.8, 4) is 0 Å². The summed E-state index contributed by atoms with van der Waals surface area (Å²) in [6, 6.07) is 10.9. The number of hydrogen-bond acceptors (Lipinski definition) is 4. The number of benzene rings is 1. The molecule has 2 atom stereocenters. The zero-order chi connectivity index (χ0) is 18.1. The van der Waals surface area contributed by atoms with Crippen molar-refractivity contribution < 1.29 is 9.32 Å². The maximum absolute atomic E-state index is 13.1. The van der Waals surface area contributed by atoms with Crippen LogP contribution in [0.25, 0.3) is 0 Å². The van der Waals surface area contributed by atoms with Gasteiger partial charge in [-0.15, -0.1) is 0 Å². The van der Waals surface area contributed by atoms with Gasteiger partial charge in [0.25, 0.3) is 5.91 Å². The summed E-state index contributed by atoms with van der Waals surface area (Å²) in [6.45, 7) is 11.6. The molecule has 1 aliphatic heterocycles. The van der Waals surface area contributed by atoms with Crippen LogP contribution in [-0.2, 0) is 0 Å². The first kappa shape index (κ1) is 17.5. The van der Waals surface area contributed by atoms with E-state index in [2.05, 4.69) is 48.2 Å². The molecule has 0 N–H and O–H groups in total. The van der Waals surface area contributed by atoms with E-state index in [4.69, 9.17) is 4.52 Å². The Morgan fingerprint density at radius 2 is 1.76 bits per heavy atom. The van der Waals surface area contributed by atoms with Crippen molar-refractivity contribution in [3.05, 3.63) is 47.3 Å². The van der Waals surface area contributed by atoms with Crippen LogP contribution in [0.15, 0.2) is 34.9 Å². The summed E-state index contributed by atoms with van der Waals surface area (Å²) < 4.78 is 5.41. The minimum Gasteiger partial charge on any atom is -0.363 e. The summed E-state index contributed by atoms with van der Waals surface area (Å²) in [5, 5.41) is 4.02. The van der Waals surface area contributed by atoms with Crippen molar-refractivity contribution >= 4 is 11.6 Å². The number of carbonyl (C=O) groups excluding carboxylic acids is 1. The van der Waals surface area contributed by atoms with Crippen molar-refractivity contribution in [3.63, 3.8) is 0 Å². The van der Waals surface area contributed by atoms with E-state index in [-0.39, 0.29) is 23.9 Å². The Morgan fingerprint density at radius 1 is 1.16 bits per heavy atom. The average molecular weight is 341 g/mol. The lowest BCUT2D eigenvalue weighted by atomic mass is 10.0. The average Bonchev–Trinajstić information content (AvgIpc) is 2.96. The summed E-state index contributed by atoms with van der Waals surface area (Å²) in [5.74, 6) is 0.864. The standard InChI is InChI=1S/C20H27N3O2/c1-13(2)19-18(16(5)21-25-19)20(24)22-11-14(3)23(15(4)12-22)17-9-7-6-8-10-17/h6-10,13-15H,11-12H2,1-5H3. The summed E-state index contributed by atoms with van der Waals surface area (Å²) >= 11 is 0. The van der Waals surface area contributed by atoms with Gasteiger partial charge in [-0.25, -0.2) is 0 Å². The fraction of sp³-hybridized carbons (Fsp3) is 0.500. The molecule has 1 aromatic carbocycles. The van der Waals surface area contributed by atoms with Crippen molar-refractivity contribution in [2.45, 2.75) is 52.6 Å². The molecule has 1 aliphatic rings. The maximum Gasteiger partial charge on any atom is 0.259 e. The van der Waals surface area contributed by atoms with Gasteiger partial charge in [-0.2, -0.15) is 0 Å². The largest absolute Gasteiger partial charge is 0.363 e. The van der Waals surface area contributed by atoms with Gasteiger partial charge >= 0.3 is 0 Å². The smallest absolute Gasteiger partial charge is 0.259 e. The lowest BCUT2D eigenvalue weighted by molar-refractivity contribution is 0.0697. The van der Waals surface area contributed by atoms with Crippen LogP contribution in [0.3, 0.4) is 0 Å². The predicted molar refractivity (Wildman–Crippen MR) is 99.1 cm³/mol. The molecule has 1 aromatic heterocycles. The maximum atomic E-state index is 13.1. The number of hydrogen-bond donors (Lipinski definition) is 0. The summed E-state index contributed by atoms with van der Waals surface area (Å²) in [6.07, 6.45) is 0. The van der Waals surface area contributed by atoms with Crippen LogP contribution in [0.2, 0.25) is 0 Å². The zero-order valence-corrected chi connectivity index (χ0v) is 15.7. The van der Waals surface area contributed by atoms with Crippen molar-refractivity contribution in [2.75, 3.05) is 18.0 Å². The van der Waals surface area contributed by atoms with Gasteiger partial charge in [-0.3, -0.25) is 4.79 Å². The summed E-state index contributed by atoms with van der Waals surface area (Å²) in [5.41, 5.74) is 2.53. The Balaban J connectivity index is 1.83. The molecular formula is C20H27N3O2. The highest BCUT2D eigenvalue weighted by molar-refractivity contribution is 5.96. The van der Waals surface area contributed by atoms with Crippen LogP contribution in [0, 0.1) is 6.92 Å². The van der Waals surface area contributed by atoms with Crippen LogP contribution in [0.5, 0.6) is 0 Å². The molecule has 2 aromatic rings. The van der Waals surface area contributed by atoms with E-state index in [0.717, 1.165) is 0 Å². The Hall–Kier alpha value is -2.30. The molecule has 1 fully saturated rings. The number of aryl methyl sites for hydroxylation is 1. The Labute approximate surface area is 149 Å². The molecular weight excluding hydrogens is 314 g/mol. The van der Waals surface area contributed by atoms with E-state index in [9.17, 15) is 4.79 Å². The second-order valence-electron chi connectivity index (χ2n) is 7.31. The molecule has 3 rings (SSSR count). The van der Waals surface area contributed by atoms with Crippen LogP contribution >= 0.6 is 0 Å². The normalized spacial score (nSPS) is 21.0. The molecule has 0 radical (unpaired) electrons. The fourth-order valence-electron chi connectivity index (χ4n) is 3.80. The second kappa shape index (κ2) is 6.90. The minimum atomic E-state index is 0.0360. The molecule has 2 unspecified atom stereocenters. The molecule has 1 amide bonds. The number of amides is 1. The third kappa shape index (κ3) is 3.28. The number of nitrogens with zero attached hydrogens (tertiary/aromatic N) is 3. The number of anilines is 1. The van der Waals surface area contributed by atoms with Crippen LogP contribution in [0.1, 0.15) is 55.4 Å². The molecule has 5 nitrogen and oxygen atoms in total. The van der Waals surface area contributed by atoms with Crippen LogP contribution in [-0.4, -0.2) is 41.1 Å². The van der Waals surface area contributed by atoms with E-state index in [1.807, 2.05) is 31.7 Å². The quantitative estimate of drug-likeness (QED) is 0.851. The summed E-state index contributed by atoms with van der Waals surface area (Å²) in [4.78, 5) is 17.5. The fourth-order valence-corrected chi connectivity index (χ4v) is 3.80. The molecule has 0 saturated carbocycles. The summed E-state index contributed by atoms with van der Waals surface area (Å²) in [7, 11) is 0. The molecule has 0 spiro atoms. The van der Waals surface area contributed by atoms with E-state index in [0.29, 0.717) is 30.1 Å². The Morgan fingerprint density at radius 3 is 2.32 bits per heavy atom. The molecule has 25 heavy (non-hydrogen) atoms. The highest BCUT2D eigenvalue weighted by Gasteiger charge is 2.35. The lowest BCUT2D eigenvalue weighted by Crippen LogP contribution is -2.58. The highest BCUT2D eigenvalue weighted by Crippen LogP contribution is 2.28. The van der Waals surface area contributed by atoms with Crippen LogP contribution < -0.4 is 4.90 Å². The molecule has 0 bridgehead atoms. The second-order valence-corrected chi connectivity index (χ2v) is 7.31. The van der Waals surface area contributed by atoms with Gasteiger partial charge in [0.05, 0.1) is 5.69 Å². The van der Waals surface area contributed by atoms with Gasteiger partial charge in [0.1, 0.15) is 5.56 Å². The number of para-hydroxylation sites is 1. The zero-order valence-electron chi connectivity index (χ0n) is 15.7. The van der Waals surface area contributed by atoms with Gasteiger partial charge < -0.3 is 14.3 Å². The third-order valence-corrected chi connectivity index (χ3v) is 4.89. The number of aromatic nitrogens is 1. The first-order chi connectivity index (χ1) is 11.9. The topological polar surface area (TPSA) is 49.6 Å². The van der Waals surface area contributed by atoms with E-state index >= 15 is 0 Å². The number of rotatable bonds is 3. The van der Waals surface area contributed by atoms with Gasteiger partial charge in [-0.1, -0.05) is 37.2 Å². The van der Waals surface area contributed by atoms with E-state index in [1.165, 1.54) is 5.69 Å². The molecule has 0 aliphatic carbocycles. The minimum absolute atomic E-state index is 0.0360. The number of piperazine rings is 1. The van der Waals surface area contributed by atoms with Crippen molar-refractivity contribution in [1.82, 2.24) is 10.1 Å². The SMILES string of the molecule is Cc1noc(C(C)C)c1C(=O)N1CC(C)N(c2ccccc2)C(C)C1. The lowest BCUT2D eigenvalue weighted by Gasteiger charge is -2.46. The highest BCUT2D eigenvalue weighted by atomic mass is 16.5. The van der Waals surface area contributed by atoms with Gasteiger partial charge in [-0.05, 0) is 32.9 Å². The third-order valence-electron chi connectivity index (χ3n) is 4.89. The van der Waals surface area contributed by atoms with Crippen molar-refractivity contribution in [2.24, 2.45) is 0 Å². The molecule has 2 heterocycles. The first-order valence-electron chi connectivity index (χ1n) is 8.99. The number of carbonyl (C=O) groups is 1. The molecule has 5 heteroatoms.